The van der Waals surface area contributed by atoms with E-state index in [0.717, 1.165) is 16.6 Å². The van der Waals surface area contributed by atoms with Crippen LogP contribution in [0.1, 0.15) is 0 Å². The minimum Gasteiger partial charge on any atom is -0.493 e. The average Bonchev–Trinajstić information content (AvgIpc) is 3.00. The van der Waals surface area contributed by atoms with Crippen LogP contribution in [0, 0.1) is 0 Å². The largest absolute Gasteiger partial charge is 0.493 e. The van der Waals surface area contributed by atoms with Gasteiger partial charge in [0.05, 0.1) is 16.2 Å². The molecular weight excluding hydrogens is 280 g/mol. The first-order chi connectivity index (χ1) is 10.6. The van der Waals surface area contributed by atoms with Gasteiger partial charge in [-0.3, -0.25) is 0 Å². The van der Waals surface area contributed by atoms with Gasteiger partial charge in [0, 0.05) is 18.1 Å². The van der Waals surface area contributed by atoms with Crippen LogP contribution in [-0.4, -0.2) is 15.7 Å². The second-order valence-corrected chi connectivity index (χ2v) is 5.11. The van der Waals surface area contributed by atoms with Gasteiger partial charge in [0.2, 0.25) is 5.88 Å². The number of carbonyl (C=O) groups is 1. The van der Waals surface area contributed by atoms with E-state index in [9.17, 15) is 9.90 Å². The van der Waals surface area contributed by atoms with Crippen molar-refractivity contribution in [2.75, 3.05) is 5.32 Å². The number of nitrogens with zero attached hydrogens (tertiary/aromatic N) is 3. The van der Waals surface area contributed by atoms with Crippen molar-refractivity contribution in [1.29, 1.82) is 0 Å². The van der Waals surface area contributed by atoms with Gasteiger partial charge in [-0.25, -0.2) is 4.79 Å². The highest BCUT2D eigenvalue weighted by Crippen LogP contribution is 2.36. The summed E-state index contributed by atoms with van der Waals surface area (Å²) in [6.07, 6.45) is 0. The number of carbonyl (C=O) groups excluding carboxylic acids is 1. The maximum absolute atomic E-state index is 11.2. The molecule has 22 heavy (non-hydrogen) atoms. The summed E-state index contributed by atoms with van der Waals surface area (Å²) >= 11 is 0. The lowest BCUT2D eigenvalue weighted by Crippen LogP contribution is -2.21. The quantitative estimate of drug-likeness (QED) is 0.758. The molecule has 1 aromatic heterocycles. The molecule has 0 radical (unpaired) electrons. The molecule has 0 bridgehead atoms. The Kier molecular flexibility index (Phi) is 2.53. The van der Waals surface area contributed by atoms with Gasteiger partial charge in [-0.05, 0) is 24.3 Å². The topological polar surface area (TPSA) is 79.0 Å². The zero-order chi connectivity index (χ0) is 15.3. The first kappa shape index (κ1) is 12.6. The Hall–Kier alpha value is -3.15. The number of nitrogens with one attached hydrogen (secondary N) is 1. The summed E-state index contributed by atoms with van der Waals surface area (Å²) in [4.78, 5) is 18.8. The Balaban J connectivity index is 1.85. The Morgan fingerprint density at radius 2 is 1.86 bits per heavy atom. The number of hydrogen-bond donors (Lipinski definition) is 2. The van der Waals surface area contributed by atoms with Crippen molar-refractivity contribution in [2.45, 2.75) is 0 Å². The number of aromatic hydroxyl groups is 1. The van der Waals surface area contributed by atoms with Crippen LogP contribution in [0.15, 0.2) is 52.4 Å². The summed E-state index contributed by atoms with van der Waals surface area (Å²) in [5.74, 6) is 0.152. The first-order valence-corrected chi connectivity index (χ1v) is 6.78. The van der Waals surface area contributed by atoms with Crippen molar-refractivity contribution in [2.24, 2.45) is 17.0 Å². The molecule has 4 rings (SSSR count). The van der Waals surface area contributed by atoms with Gasteiger partial charge in [-0.1, -0.05) is 18.2 Å². The highest BCUT2D eigenvalue weighted by Gasteiger charge is 2.14. The molecule has 1 aliphatic rings. The number of benzene rings is 2. The molecule has 0 unspecified atom stereocenters. The lowest BCUT2D eigenvalue weighted by molar-refractivity contribution is 0.256. The number of rotatable bonds is 2. The first-order valence-electron chi connectivity index (χ1n) is 6.78. The van der Waals surface area contributed by atoms with Crippen LogP contribution in [0.25, 0.3) is 10.9 Å². The Morgan fingerprint density at radius 1 is 1.09 bits per heavy atom. The van der Waals surface area contributed by atoms with E-state index < -0.39 is 6.03 Å². The minimum atomic E-state index is -0.486. The third kappa shape index (κ3) is 1.77. The fraction of sp³-hybridized carbons (Fsp3) is 0.0625. The van der Waals surface area contributed by atoms with Crippen molar-refractivity contribution in [3.8, 4) is 5.88 Å². The van der Waals surface area contributed by atoms with Crippen LogP contribution >= 0.6 is 0 Å². The number of para-hydroxylation sites is 1. The van der Waals surface area contributed by atoms with Gasteiger partial charge >= 0.3 is 6.03 Å². The normalized spacial score (nSPS) is 12.9. The summed E-state index contributed by atoms with van der Waals surface area (Å²) in [6, 6.07) is 12.5. The number of urea groups is 1. The molecule has 0 saturated heterocycles. The number of aryl methyl sites for hydroxylation is 1. The molecule has 0 saturated carbocycles. The molecule has 0 atom stereocenters. The molecule has 108 valence electrons. The number of fused-ring (bicyclic) bond motifs is 2. The minimum absolute atomic E-state index is 0.152. The predicted molar refractivity (Wildman–Crippen MR) is 82.0 cm³/mol. The third-order valence-corrected chi connectivity index (χ3v) is 3.75. The van der Waals surface area contributed by atoms with Crippen molar-refractivity contribution in [3.63, 3.8) is 0 Å². The highest BCUT2D eigenvalue weighted by atomic mass is 16.3. The number of aromatic nitrogens is 1. The monoisotopic (exact) mass is 292 g/mol. The van der Waals surface area contributed by atoms with Gasteiger partial charge in [-0.2, -0.15) is 9.98 Å². The molecule has 0 spiro atoms. The Morgan fingerprint density at radius 3 is 2.73 bits per heavy atom. The Labute approximate surface area is 125 Å². The van der Waals surface area contributed by atoms with E-state index in [4.69, 9.17) is 0 Å². The van der Waals surface area contributed by atoms with Crippen LogP contribution in [0.2, 0.25) is 0 Å². The van der Waals surface area contributed by atoms with E-state index in [1.54, 1.807) is 29.8 Å². The molecule has 6 nitrogen and oxygen atoms in total. The number of hydrogen-bond acceptors (Lipinski definition) is 3. The lowest BCUT2D eigenvalue weighted by atomic mass is 10.2. The van der Waals surface area contributed by atoms with E-state index in [2.05, 4.69) is 15.3 Å². The predicted octanol–water partition coefficient (Wildman–Crippen LogP) is 2.00. The fourth-order valence-corrected chi connectivity index (χ4v) is 2.66. The second kappa shape index (κ2) is 4.42. The van der Waals surface area contributed by atoms with Gasteiger partial charge in [0.1, 0.15) is 5.69 Å². The van der Waals surface area contributed by atoms with Crippen LogP contribution in [-0.2, 0) is 7.05 Å². The molecule has 6 heteroatoms. The molecule has 3 aromatic rings. The zero-order valence-corrected chi connectivity index (χ0v) is 11.7. The maximum Gasteiger partial charge on any atom is 0.368 e. The Bertz CT molecular complexity index is 1050. The standard InChI is InChI=1S/C16H12N4O2/c1-20-13-5-3-2-4-10(13)14(15(20)21)17-9-6-7-11-12(8-9)19-16(22)18-11/h2-8,17,21H,1H3. The van der Waals surface area contributed by atoms with Gasteiger partial charge in [-0.15, -0.1) is 0 Å². The summed E-state index contributed by atoms with van der Waals surface area (Å²) in [5, 5.41) is 15.5. The molecule has 0 aliphatic carbocycles. The smallest absolute Gasteiger partial charge is 0.368 e. The number of amides is 2. The van der Waals surface area contributed by atoms with E-state index in [-0.39, 0.29) is 5.88 Å². The fourth-order valence-electron chi connectivity index (χ4n) is 2.66. The molecule has 0 fully saturated rings. The molecule has 1 aliphatic heterocycles. The van der Waals surface area contributed by atoms with Crippen molar-refractivity contribution >= 4 is 28.3 Å². The van der Waals surface area contributed by atoms with E-state index >= 15 is 0 Å². The second-order valence-electron chi connectivity index (χ2n) is 5.11. The summed E-state index contributed by atoms with van der Waals surface area (Å²) in [6.45, 7) is 0. The van der Waals surface area contributed by atoms with Gasteiger partial charge in [0.15, 0.2) is 0 Å². The zero-order valence-electron chi connectivity index (χ0n) is 11.7. The molecule has 2 heterocycles. The summed E-state index contributed by atoms with van der Waals surface area (Å²) in [7, 11) is 1.80. The van der Waals surface area contributed by atoms with Crippen molar-refractivity contribution in [1.82, 2.24) is 4.57 Å². The van der Waals surface area contributed by atoms with Crippen LogP contribution in [0.4, 0.5) is 16.2 Å². The third-order valence-electron chi connectivity index (χ3n) is 3.75. The lowest BCUT2D eigenvalue weighted by Gasteiger charge is -2.05. The molecular formula is C16H12N4O2. The highest BCUT2D eigenvalue weighted by molar-refractivity contribution is 5.98. The van der Waals surface area contributed by atoms with Gasteiger partial charge in [0.25, 0.3) is 0 Å². The van der Waals surface area contributed by atoms with Crippen LogP contribution in [0.5, 0.6) is 5.88 Å². The van der Waals surface area contributed by atoms with Crippen molar-refractivity contribution < 1.29 is 9.90 Å². The van der Waals surface area contributed by atoms with Crippen molar-refractivity contribution in [3.05, 3.63) is 53.2 Å². The van der Waals surface area contributed by atoms with Crippen LogP contribution < -0.4 is 16.0 Å². The van der Waals surface area contributed by atoms with Gasteiger partial charge < -0.3 is 15.0 Å². The van der Waals surface area contributed by atoms with E-state index in [1.165, 1.54) is 0 Å². The molecule has 2 N–H and O–H groups in total. The summed E-state index contributed by atoms with van der Waals surface area (Å²) in [5.41, 5.74) is 2.29. The molecule has 2 aromatic carbocycles. The SMILES string of the molecule is Cn1c(O)c(Nc2ccc3c(c2)=NC(=O)N=3)c2ccccc21. The molecule has 2 amide bonds. The maximum atomic E-state index is 11.2. The summed E-state index contributed by atoms with van der Waals surface area (Å²) < 4.78 is 1.72. The van der Waals surface area contributed by atoms with E-state index in [0.29, 0.717) is 16.4 Å². The van der Waals surface area contributed by atoms with E-state index in [1.807, 2.05) is 24.3 Å². The van der Waals surface area contributed by atoms with Crippen LogP contribution in [0.3, 0.4) is 0 Å². The average molecular weight is 292 g/mol. The number of anilines is 2.